The van der Waals surface area contributed by atoms with Crippen molar-refractivity contribution in [3.05, 3.63) is 29.8 Å². The molecule has 0 aliphatic heterocycles. The van der Waals surface area contributed by atoms with Gasteiger partial charge < -0.3 is 4.31 Å². The number of aliphatic imine (C=N–C) groups is 1. The molecule has 0 radical (unpaired) electrons. The van der Waals surface area contributed by atoms with E-state index in [9.17, 15) is 0 Å². The summed E-state index contributed by atoms with van der Waals surface area (Å²) >= 11 is 18.0. The van der Waals surface area contributed by atoms with Crippen LogP contribution in [-0.2, 0) is 0 Å². The fourth-order valence-corrected chi connectivity index (χ4v) is 2.44. The van der Waals surface area contributed by atoms with Crippen molar-refractivity contribution < 1.29 is 0 Å². The summed E-state index contributed by atoms with van der Waals surface area (Å²) in [5.41, 5.74) is 2.00. The van der Waals surface area contributed by atoms with Gasteiger partial charge in [-0.25, -0.2) is 4.99 Å². The van der Waals surface area contributed by atoms with Crippen LogP contribution in [0, 0.1) is 6.92 Å². The van der Waals surface area contributed by atoms with Crippen LogP contribution >= 0.6 is 46.8 Å². The normalized spacial score (nSPS) is 12.1. The molecule has 1 rings (SSSR count). The van der Waals surface area contributed by atoms with Gasteiger partial charge >= 0.3 is 0 Å². The van der Waals surface area contributed by atoms with Gasteiger partial charge in [-0.3, -0.25) is 0 Å². The van der Waals surface area contributed by atoms with Gasteiger partial charge in [0.1, 0.15) is 6.34 Å². The van der Waals surface area contributed by atoms with Crippen molar-refractivity contribution in [3.63, 3.8) is 0 Å². The second-order valence-electron chi connectivity index (χ2n) is 3.11. The third kappa shape index (κ3) is 5.30. The smallest absolute Gasteiger partial charge is 0.256 e. The molecule has 0 fully saturated rings. The second kappa shape index (κ2) is 6.01. The lowest BCUT2D eigenvalue weighted by Gasteiger charge is -2.17. The molecule has 0 N–H and O–H groups in total. The first-order chi connectivity index (χ1) is 7.38. The zero-order valence-corrected chi connectivity index (χ0v) is 11.9. The molecule has 0 amide bonds. The molecule has 0 atom stereocenters. The van der Waals surface area contributed by atoms with Crippen molar-refractivity contribution in [2.75, 3.05) is 7.05 Å². The molecule has 2 nitrogen and oxygen atoms in total. The van der Waals surface area contributed by atoms with E-state index >= 15 is 0 Å². The van der Waals surface area contributed by atoms with E-state index in [0.717, 1.165) is 23.2 Å². The van der Waals surface area contributed by atoms with Crippen LogP contribution in [0.25, 0.3) is 0 Å². The highest BCUT2D eigenvalue weighted by Gasteiger charge is 2.22. The Labute approximate surface area is 115 Å². The number of alkyl halides is 3. The van der Waals surface area contributed by atoms with Crippen LogP contribution in [-0.4, -0.2) is 20.8 Å². The Hall–Kier alpha value is -0.0900. The van der Waals surface area contributed by atoms with Crippen LogP contribution in [0.1, 0.15) is 5.56 Å². The average molecular weight is 298 g/mol. The Balaban J connectivity index is 2.64. The van der Waals surface area contributed by atoms with Gasteiger partial charge in [-0.05, 0) is 18.6 Å². The number of benzene rings is 1. The number of para-hydroxylation sites is 1. The maximum Gasteiger partial charge on any atom is 0.256 e. The minimum Gasteiger partial charge on any atom is -0.306 e. The molecule has 88 valence electrons. The summed E-state index contributed by atoms with van der Waals surface area (Å²) in [6.07, 6.45) is 1.62. The van der Waals surface area contributed by atoms with Gasteiger partial charge in [0.25, 0.3) is 3.12 Å². The highest BCUT2D eigenvalue weighted by molar-refractivity contribution is 8.02. The average Bonchev–Trinajstić information content (AvgIpc) is 2.14. The predicted molar refractivity (Wildman–Crippen MR) is 75.0 cm³/mol. The third-order valence-corrected chi connectivity index (χ3v) is 2.93. The van der Waals surface area contributed by atoms with Gasteiger partial charge in [0.15, 0.2) is 0 Å². The predicted octanol–water partition coefficient (Wildman–Crippen LogP) is 4.56. The van der Waals surface area contributed by atoms with Gasteiger partial charge in [0, 0.05) is 19.0 Å². The van der Waals surface area contributed by atoms with E-state index in [1.54, 1.807) is 17.7 Å². The van der Waals surface area contributed by atoms with Crippen LogP contribution in [0.3, 0.4) is 0 Å². The van der Waals surface area contributed by atoms with Gasteiger partial charge in [-0.2, -0.15) is 0 Å². The lowest BCUT2D eigenvalue weighted by molar-refractivity contribution is 0.870. The fraction of sp³-hybridized carbons (Fsp3) is 0.300. The maximum atomic E-state index is 5.63. The Morgan fingerprint density at radius 3 is 2.50 bits per heavy atom. The van der Waals surface area contributed by atoms with Crippen LogP contribution < -0.4 is 0 Å². The Morgan fingerprint density at radius 2 is 1.94 bits per heavy atom. The van der Waals surface area contributed by atoms with Crippen LogP contribution in [0.15, 0.2) is 29.3 Å². The van der Waals surface area contributed by atoms with Crippen LogP contribution in [0.5, 0.6) is 0 Å². The molecule has 0 heterocycles. The summed E-state index contributed by atoms with van der Waals surface area (Å²) in [5.74, 6) is 0. The SMILES string of the molecule is Cc1ccccc1N=CN(C)SC(Cl)(Cl)Cl. The zero-order chi connectivity index (χ0) is 12.2. The second-order valence-corrected chi connectivity index (χ2v) is 7.44. The number of rotatable bonds is 3. The van der Waals surface area contributed by atoms with Gasteiger partial charge in [0.05, 0.1) is 5.69 Å². The summed E-state index contributed by atoms with van der Waals surface area (Å²) in [7, 11) is 1.77. The first-order valence-electron chi connectivity index (χ1n) is 4.47. The molecule has 1 aromatic carbocycles. The standard InChI is InChI=1S/C10H11Cl3N2S/c1-8-5-3-4-6-9(8)14-7-15(2)16-10(11,12)13/h3-7H,1-2H3. The molecule has 0 unspecified atom stereocenters. The van der Waals surface area contributed by atoms with Crippen LogP contribution in [0.2, 0.25) is 0 Å². The maximum absolute atomic E-state index is 5.63. The summed E-state index contributed by atoms with van der Waals surface area (Å²) in [6.45, 7) is 1.99. The number of aryl methyl sites for hydroxylation is 1. The highest BCUT2D eigenvalue weighted by Crippen LogP contribution is 2.39. The lowest BCUT2D eigenvalue weighted by atomic mass is 10.2. The van der Waals surface area contributed by atoms with E-state index in [0.29, 0.717) is 0 Å². The molecule has 0 aliphatic rings. The summed E-state index contributed by atoms with van der Waals surface area (Å²) in [5, 5.41) is 0. The van der Waals surface area contributed by atoms with Crippen molar-refractivity contribution in [2.24, 2.45) is 4.99 Å². The van der Waals surface area contributed by atoms with Crippen LogP contribution in [0.4, 0.5) is 5.69 Å². The molecule has 0 spiro atoms. The van der Waals surface area contributed by atoms with E-state index in [1.165, 1.54) is 0 Å². The van der Waals surface area contributed by atoms with Gasteiger partial charge in [0.2, 0.25) is 0 Å². The van der Waals surface area contributed by atoms with E-state index in [-0.39, 0.29) is 0 Å². The molecule has 0 bridgehead atoms. The quantitative estimate of drug-likeness (QED) is 0.352. The van der Waals surface area contributed by atoms with E-state index in [1.807, 2.05) is 31.2 Å². The Kier molecular flexibility index (Phi) is 5.25. The van der Waals surface area contributed by atoms with Gasteiger partial charge in [-0.1, -0.05) is 53.0 Å². The van der Waals surface area contributed by atoms with Crippen molar-refractivity contribution >= 4 is 58.8 Å². The molecule has 1 aromatic rings. The molecule has 16 heavy (non-hydrogen) atoms. The first kappa shape index (κ1) is 14.0. The minimum absolute atomic E-state index is 0.902. The van der Waals surface area contributed by atoms with E-state index in [2.05, 4.69) is 4.99 Å². The van der Waals surface area contributed by atoms with E-state index in [4.69, 9.17) is 34.8 Å². The summed E-state index contributed by atoms with van der Waals surface area (Å²) in [6, 6.07) is 7.82. The molecule has 0 aromatic heterocycles. The van der Waals surface area contributed by atoms with Crippen molar-refractivity contribution in [1.29, 1.82) is 0 Å². The number of halogens is 3. The molecule has 6 heteroatoms. The molecule has 0 aliphatic carbocycles. The molecular weight excluding hydrogens is 287 g/mol. The largest absolute Gasteiger partial charge is 0.306 e. The molecule has 0 saturated heterocycles. The lowest BCUT2D eigenvalue weighted by Crippen LogP contribution is -2.12. The third-order valence-electron chi connectivity index (χ3n) is 1.72. The number of hydrogen-bond donors (Lipinski definition) is 0. The highest BCUT2D eigenvalue weighted by atomic mass is 35.6. The Bertz CT molecular complexity index is 377. The number of nitrogens with zero attached hydrogens (tertiary/aromatic N) is 2. The first-order valence-corrected chi connectivity index (χ1v) is 6.38. The molecular formula is C10H11Cl3N2S. The van der Waals surface area contributed by atoms with E-state index < -0.39 is 3.12 Å². The zero-order valence-electron chi connectivity index (χ0n) is 8.82. The minimum atomic E-state index is -1.37. The van der Waals surface area contributed by atoms with Gasteiger partial charge in [-0.15, -0.1) is 0 Å². The summed E-state index contributed by atoms with van der Waals surface area (Å²) in [4.78, 5) is 4.29. The fourth-order valence-electron chi connectivity index (χ4n) is 1.04. The van der Waals surface area contributed by atoms with Crippen molar-refractivity contribution in [3.8, 4) is 0 Å². The van der Waals surface area contributed by atoms with Crippen molar-refractivity contribution in [1.82, 2.24) is 4.31 Å². The van der Waals surface area contributed by atoms with Crippen molar-refractivity contribution in [2.45, 2.75) is 10.0 Å². The summed E-state index contributed by atoms with van der Waals surface area (Å²) < 4.78 is 0.284. The molecule has 0 saturated carbocycles. The topological polar surface area (TPSA) is 15.6 Å². The Morgan fingerprint density at radius 1 is 1.31 bits per heavy atom. The number of hydrogen-bond acceptors (Lipinski definition) is 2. The monoisotopic (exact) mass is 296 g/mol.